The minimum atomic E-state index is -1.06. The molecule has 102 valence electrons. The summed E-state index contributed by atoms with van der Waals surface area (Å²) >= 11 is 1.36. The summed E-state index contributed by atoms with van der Waals surface area (Å²) in [4.78, 5) is 16.2. The highest BCUT2D eigenvalue weighted by Crippen LogP contribution is 2.28. The van der Waals surface area contributed by atoms with Crippen LogP contribution in [0.3, 0.4) is 0 Å². The summed E-state index contributed by atoms with van der Waals surface area (Å²) in [6, 6.07) is 5.61. The van der Waals surface area contributed by atoms with Gasteiger partial charge < -0.3 is 9.84 Å². The van der Waals surface area contributed by atoms with Crippen molar-refractivity contribution in [1.82, 2.24) is 9.38 Å². The van der Waals surface area contributed by atoms with Crippen LogP contribution in [-0.4, -0.2) is 20.5 Å². The van der Waals surface area contributed by atoms with E-state index in [0.29, 0.717) is 10.7 Å². The number of fused-ring (bicyclic) bond motifs is 1. The molecule has 0 fully saturated rings. The first-order valence-electron chi connectivity index (χ1n) is 6.00. The van der Waals surface area contributed by atoms with Gasteiger partial charge in [-0.05, 0) is 37.1 Å². The molecule has 0 aliphatic rings. The Morgan fingerprint density at radius 2 is 2.15 bits per heavy atom. The molecule has 2 heterocycles. The first-order valence-corrected chi connectivity index (χ1v) is 6.88. The number of aromatic carboxylic acids is 1. The van der Waals surface area contributed by atoms with E-state index in [1.54, 1.807) is 17.6 Å². The third kappa shape index (κ3) is 2.04. The van der Waals surface area contributed by atoms with Gasteiger partial charge in [-0.3, -0.25) is 4.40 Å². The van der Waals surface area contributed by atoms with Gasteiger partial charge in [0.05, 0.1) is 0 Å². The second-order valence-corrected chi connectivity index (χ2v) is 5.35. The molecule has 1 N–H and O–H groups in total. The zero-order chi connectivity index (χ0) is 14.3. The van der Waals surface area contributed by atoms with Crippen LogP contribution >= 0.6 is 11.3 Å². The van der Waals surface area contributed by atoms with Crippen LogP contribution in [0.5, 0.6) is 11.6 Å². The SMILES string of the molecule is Cc1ccc(Oc2nc3sccn3c2C(=O)O)cc1C. The number of imidazole rings is 1. The summed E-state index contributed by atoms with van der Waals surface area (Å²) in [5, 5.41) is 11.1. The Bertz CT molecular complexity index is 804. The van der Waals surface area contributed by atoms with Crippen LogP contribution in [0.4, 0.5) is 0 Å². The lowest BCUT2D eigenvalue weighted by Gasteiger charge is -2.06. The molecule has 0 atom stereocenters. The predicted octanol–water partition coefficient (Wildman–Crippen LogP) is 3.50. The summed E-state index contributed by atoms with van der Waals surface area (Å²) < 4.78 is 7.16. The molecule has 0 radical (unpaired) electrons. The molecule has 1 aromatic carbocycles. The standard InChI is InChI=1S/C14H12N2O3S/c1-8-3-4-10(7-9(8)2)19-12-11(13(17)18)16-5-6-20-14(16)15-12/h3-7H,1-2H3,(H,17,18). The number of carboxylic acid groups (broad SMARTS) is 1. The van der Waals surface area contributed by atoms with Crippen molar-refractivity contribution in [3.8, 4) is 11.6 Å². The zero-order valence-electron chi connectivity index (χ0n) is 11.0. The van der Waals surface area contributed by atoms with Crippen LogP contribution in [0.2, 0.25) is 0 Å². The number of thiazole rings is 1. The maximum absolute atomic E-state index is 11.4. The van der Waals surface area contributed by atoms with Gasteiger partial charge in [-0.15, -0.1) is 11.3 Å². The van der Waals surface area contributed by atoms with Crippen LogP contribution in [-0.2, 0) is 0 Å². The number of benzene rings is 1. The molecule has 3 rings (SSSR count). The van der Waals surface area contributed by atoms with Crippen molar-refractivity contribution >= 4 is 22.3 Å². The summed E-state index contributed by atoms with van der Waals surface area (Å²) in [6.07, 6.45) is 1.67. The fourth-order valence-electron chi connectivity index (χ4n) is 1.92. The lowest BCUT2D eigenvalue weighted by atomic mass is 10.1. The van der Waals surface area contributed by atoms with E-state index in [1.165, 1.54) is 15.7 Å². The highest BCUT2D eigenvalue weighted by atomic mass is 32.1. The molecule has 0 spiro atoms. The summed E-state index contributed by atoms with van der Waals surface area (Å²) in [7, 11) is 0. The number of ether oxygens (including phenoxy) is 1. The Kier molecular flexibility index (Phi) is 2.94. The van der Waals surface area contributed by atoms with Crippen LogP contribution in [0.25, 0.3) is 4.96 Å². The Labute approximate surface area is 119 Å². The Morgan fingerprint density at radius 1 is 1.35 bits per heavy atom. The molecule has 0 aliphatic heterocycles. The van der Waals surface area contributed by atoms with Crippen molar-refractivity contribution in [2.75, 3.05) is 0 Å². The molecule has 0 saturated heterocycles. The van der Waals surface area contributed by atoms with Gasteiger partial charge in [-0.2, -0.15) is 4.98 Å². The summed E-state index contributed by atoms with van der Waals surface area (Å²) in [5.41, 5.74) is 2.28. The molecule has 0 saturated carbocycles. The van der Waals surface area contributed by atoms with Crippen LogP contribution in [0.1, 0.15) is 21.6 Å². The van der Waals surface area contributed by atoms with Crippen molar-refractivity contribution in [3.63, 3.8) is 0 Å². The lowest BCUT2D eigenvalue weighted by Crippen LogP contribution is -2.02. The maximum atomic E-state index is 11.4. The maximum Gasteiger partial charge on any atom is 0.358 e. The van der Waals surface area contributed by atoms with Gasteiger partial charge in [0.25, 0.3) is 5.88 Å². The number of carboxylic acids is 1. The summed E-state index contributed by atoms with van der Waals surface area (Å²) in [5.74, 6) is -0.358. The number of aryl methyl sites for hydroxylation is 2. The molecule has 6 heteroatoms. The van der Waals surface area contributed by atoms with E-state index in [1.807, 2.05) is 26.0 Å². The Balaban J connectivity index is 2.05. The van der Waals surface area contributed by atoms with Crippen molar-refractivity contribution in [2.24, 2.45) is 0 Å². The number of nitrogens with zero attached hydrogens (tertiary/aromatic N) is 2. The lowest BCUT2D eigenvalue weighted by molar-refractivity contribution is 0.0686. The molecular formula is C14H12N2O3S. The van der Waals surface area contributed by atoms with Crippen LogP contribution in [0.15, 0.2) is 29.8 Å². The molecular weight excluding hydrogens is 276 g/mol. The third-order valence-electron chi connectivity index (χ3n) is 3.13. The third-order valence-corrected chi connectivity index (χ3v) is 3.88. The minimum absolute atomic E-state index is 0.0412. The second-order valence-electron chi connectivity index (χ2n) is 4.47. The number of rotatable bonds is 3. The minimum Gasteiger partial charge on any atom is -0.476 e. The first-order chi connectivity index (χ1) is 9.56. The van der Waals surface area contributed by atoms with E-state index in [-0.39, 0.29) is 11.6 Å². The van der Waals surface area contributed by atoms with E-state index in [2.05, 4.69) is 4.98 Å². The fraction of sp³-hybridized carbons (Fsp3) is 0.143. The molecule has 0 amide bonds. The zero-order valence-corrected chi connectivity index (χ0v) is 11.8. The highest BCUT2D eigenvalue weighted by Gasteiger charge is 2.21. The first kappa shape index (κ1) is 12.7. The van der Waals surface area contributed by atoms with Gasteiger partial charge in [0.1, 0.15) is 5.75 Å². The quantitative estimate of drug-likeness (QED) is 0.801. The van der Waals surface area contributed by atoms with Crippen LogP contribution in [0, 0.1) is 13.8 Å². The number of hydrogen-bond donors (Lipinski definition) is 1. The van der Waals surface area contributed by atoms with Crippen molar-refractivity contribution in [2.45, 2.75) is 13.8 Å². The van der Waals surface area contributed by atoms with Crippen LogP contribution < -0.4 is 4.74 Å². The molecule has 0 bridgehead atoms. The van der Waals surface area contributed by atoms with Crippen molar-refractivity contribution in [1.29, 1.82) is 0 Å². The largest absolute Gasteiger partial charge is 0.476 e. The number of carbonyl (C=O) groups is 1. The molecule has 20 heavy (non-hydrogen) atoms. The van der Waals surface area contributed by atoms with Gasteiger partial charge >= 0.3 is 5.97 Å². The van der Waals surface area contributed by atoms with Gasteiger partial charge in [0, 0.05) is 11.6 Å². The average Bonchev–Trinajstić information content (AvgIpc) is 2.93. The average molecular weight is 288 g/mol. The van der Waals surface area contributed by atoms with E-state index in [0.717, 1.165) is 11.1 Å². The number of hydrogen-bond acceptors (Lipinski definition) is 4. The Morgan fingerprint density at radius 3 is 2.85 bits per heavy atom. The normalized spacial score (nSPS) is 10.9. The van der Waals surface area contributed by atoms with E-state index < -0.39 is 5.97 Å². The van der Waals surface area contributed by atoms with Crippen molar-refractivity contribution in [3.05, 3.63) is 46.6 Å². The smallest absolute Gasteiger partial charge is 0.358 e. The predicted molar refractivity (Wildman–Crippen MR) is 76.0 cm³/mol. The van der Waals surface area contributed by atoms with Gasteiger partial charge in [-0.25, -0.2) is 4.79 Å². The molecule has 3 aromatic rings. The van der Waals surface area contributed by atoms with Gasteiger partial charge in [-0.1, -0.05) is 6.07 Å². The molecule has 2 aromatic heterocycles. The van der Waals surface area contributed by atoms with E-state index in [9.17, 15) is 9.90 Å². The monoisotopic (exact) mass is 288 g/mol. The highest BCUT2D eigenvalue weighted by molar-refractivity contribution is 7.15. The fourth-order valence-corrected chi connectivity index (χ4v) is 2.63. The van der Waals surface area contributed by atoms with Gasteiger partial charge in [0.2, 0.25) is 0 Å². The topological polar surface area (TPSA) is 63.8 Å². The van der Waals surface area contributed by atoms with E-state index in [4.69, 9.17) is 4.74 Å². The van der Waals surface area contributed by atoms with Gasteiger partial charge in [0.15, 0.2) is 10.7 Å². The van der Waals surface area contributed by atoms with E-state index >= 15 is 0 Å². The van der Waals surface area contributed by atoms with Crippen molar-refractivity contribution < 1.29 is 14.6 Å². The number of aromatic nitrogens is 2. The molecule has 5 nitrogen and oxygen atoms in total. The Hall–Kier alpha value is -2.34. The molecule has 0 aliphatic carbocycles. The molecule has 0 unspecified atom stereocenters. The second kappa shape index (κ2) is 4.64. The summed E-state index contributed by atoms with van der Waals surface area (Å²) in [6.45, 7) is 3.99.